The Morgan fingerprint density at radius 3 is 2.68 bits per heavy atom. The van der Waals surface area contributed by atoms with Gasteiger partial charge in [-0.1, -0.05) is 0 Å². The number of nitrogens with two attached hydrogens (primary N) is 1. The van der Waals surface area contributed by atoms with Crippen molar-refractivity contribution in [2.45, 2.75) is 19.9 Å². The summed E-state index contributed by atoms with van der Waals surface area (Å²) in [6.45, 7) is 5.93. The zero-order valence-electron chi connectivity index (χ0n) is 11.6. The Labute approximate surface area is 113 Å². The first-order chi connectivity index (χ1) is 8.90. The smallest absolute Gasteiger partial charge is 0.254 e. The highest BCUT2D eigenvalue weighted by molar-refractivity contribution is 5.95. The molecule has 1 aromatic carbocycles. The van der Waals surface area contributed by atoms with Gasteiger partial charge < -0.3 is 15.5 Å². The number of hydrogen-bond donors (Lipinski definition) is 1. The van der Waals surface area contributed by atoms with Crippen molar-refractivity contribution in [1.82, 2.24) is 9.80 Å². The molecule has 1 aliphatic heterocycles. The molecule has 1 heterocycles. The van der Waals surface area contributed by atoms with E-state index < -0.39 is 5.82 Å². The van der Waals surface area contributed by atoms with E-state index in [2.05, 4.69) is 4.90 Å². The van der Waals surface area contributed by atoms with Crippen molar-refractivity contribution >= 4 is 11.6 Å². The summed E-state index contributed by atoms with van der Waals surface area (Å²) in [6.07, 6.45) is 0. The Kier molecular flexibility index (Phi) is 3.75. The average molecular weight is 265 g/mol. The van der Waals surface area contributed by atoms with E-state index >= 15 is 0 Å². The number of rotatable bonds is 1. The predicted octanol–water partition coefficient (Wildman–Crippen LogP) is 1.49. The van der Waals surface area contributed by atoms with Gasteiger partial charge in [-0.05, 0) is 33.0 Å². The van der Waals surface area contributed by atoms with Gasteiger partial charge in [0, 0.05) is 42.5 Å². The molecule has 0 aromatic heterocycles. The van der Waals surface area contributed by atoms with E-state index in [1.807, 2.05) is 14.0 Å². The molecule has 19 heavy (non-hydrogen) atoms. The second-order valence-electron chi connectivity index (χ2n) is 5.28. The van der Waals surface area contributed by atoms with Gasteiger partial charge in [-0.3, -0.25) is 4.79 Å². The molecular weight excluding hydrogens is 245 g/mol. The van der Waals surface area contributed by atoms with Crippen LogP contribution in [0.4, 0.5) is 10.1 Å². The SMILES string of the molecule is Cc1c(N)cc(C(=O)N2CCN(C)CC2C)cc1F. The summed E-state index contributed by atoms with van der Waals surface area (Å²) in [6, 6.07) is 2.96. The third-order valence-electron chi connectivity index (χ3n) is 3.72. The largest absolute Gasteiger partial charge is 0.398 e. The highest BCUT2D eigenvalue weighted by Crippen LogP contribution is 2.20. The number of anilines is 1. The second-order valence-corrected chi connectivity index (χ2v) is 5.28. The van der Waals surface area contributed by atoms with Gasteiger partial charge in [0.25, 0.3) is 5.91 Å². The van der Waals surface area contributed by atoms with Crippen molar-refractivity contribution in [1.29, 1.82) is 0 Å². The molecule has 4 nitrogen and oxygen atoms in total. The monoisotopic (exact) mass is 265 g/mol. The lowest BCUT2D eigenvalue weighted by Crippen LogP contribution is -2.52. The molecule has 1 aliphatic rings. The van der Waals surface area contributed by atoms with E-state index in [0.29, 0.717) is 23.4 Å². The molecule has 1 aromatic rings. The van der Waals surface area contributed by atoms with Gasteiger partial charge in [-0.15, -0.1) is 0 Å². The highest BCUT2D eigenvalue weighted by Gasteiger charge is 2.27. The van der Waals surface area contributed by atoms with Crippen LogP contribution < -0.4 is 5.73 Å². The number of nitrogen functional groups attached to an aromatic ring is 1. The first-order valence-electron chi connectivity index (χ1n) is 6.45. The fourth-order valence-corrected chi connectivity index (χ4v) is 2.43. The van der Waals surface area contributed by atoms with Crippen LogP contribution in [0, 0.1) is 12.7 Å². The Morgan fingerprint density at radius 1 is 1.42 bits per heavy atom. The summed E-state index contributed by atoms with van der Waals surface area (Å²) in [5, 5.41) is 0. The molecule has 2 rings (SSSR count). The quantitative estimate of drug-likeness (QED) is 0.783. The molecule has 0 radical (unpaired) electrons. The van der Waals surface area contributed by atoms with Gasteiger partial charge in [-0.2, -0.15) is 0 Å². The van der Waals surface area contributed by atoms with E-state index in [-0.39, 0.29) is 11.9 Å². The number of nitrogens with zero attached hydrogens (tertiary/aromatic N) is 2. The van der Waals surface area contributed by atoms with Crippen molar-refractivity contribution in [2.24, 2.45) is 0 Å². The van der Waals surface area contributed by atoms with Gasteiger partial charge >= 0.3 is 0 Å². The van der Waals surface area contributed by atoms with Crippen molar-refractivity contribution in [3.63, 3.8) is 0 Å². The van der Waals surface area contributed by atoms with Crippen LogP contribution in [0.15, 0.2) is 12.1 Å². The number of piperazine rings is 1. The van der Waals surface area contributed by atoms with Crippen LogP contribution in [0.5, 0.6) is 0 Å². The van der Waals surface area contributed by atoms with E-state index in [4.69, 9.17) is 5.73 Å². The van der Waals surface area contributed by atoms with E-state index in [1.54, 1.807) is 17.9 Å². The van der Waals surface area contributed by atoms with Crippen LogP contribution in [-0.2, 0) is 0 Å². The van der Waals surface area contributed by atoms with Gasteiger partial charge in [0.15, 0.2) is 0 Å². The second kappa shape index (κ2) is 5.17. The van der Waals surface area contributed by atoms with Crippen molar-refractivity contribution in [2.75, 3.05) is 32.4 Å². The summed E-state index contributed by atoms with van der Waals surface area (Å²) in [7, 11) is 2.03. The minimum absolute atomic E-state index is 0.122. The van der Waals surface area contributed by atoms with Crippen molar-refractivity contribution in [3.05, 3.63) is 29.1 Å². The molecule has 2 N–H and O–H groups in total. The molecule has 5 heteroatoms. The first-order valence-corrected chi connectivity index (χ1v) is 6.45. The Morgan fingerprint density at radius 2 is 2.11 bits per heavy atom. The summed E-state index contributed by atoms with van der Waals surface area (Å²) in [5.74, 6) is -0.573. The van der Waals surface area contributed by atoms with Gasteiger partial charge in [0.1, 0.15) is 5.82 Å². The fourth-order valence-electron chi connectivity index (χ4n) is 2.43. The zero-order chi connectivity index (χ0) is 14.2. The van der Waals surface area contributed by atoms with E-state index in [0.717, 1.165) is 13.1 Å². The van der Waals surface area contributed by atoms with Crippen LogP contribution in [0.3, 0.4) is 0 Å². The van der Waals surface area contributed by atoms with E-state index in [9.17, 15) is 9.18 Å². The predicted molar refractivity (Wildman–Crippen MR) is 73.5 cm³/mol. The maximum atomic E-state index is 13.7. The third kappa shape index (κ3) is 2.71. The lowest BCUT2D eigenvalue weighted by molar-refractivity contribution is 0.0533. The number of carbonyl (C=O) groups is 1. The lowest BCUT2D eigenvalue weighted by Gasteiger charge is -2.38. The summed E-state index contributed by atoms with van der Waals surface area (Å²) >= 11 is 0. The summed E-state index contributed by atoms with van der Waals surface area (Å²) < 4.78 is 13.7. The minimum Gasteiger partial charge on any atom is -0.398 e. The number of hydrogen-bond acceptors (Lipinski definition) is 3. The molecule has 0 saturated carbocycles. The number of amides is 1. The minimum atomic E-state index is -0.426. The first kappa shape index (κ1) is 13.8. The van der Waals surface area contributed by atoms with Crippen molar-refractivity contribution in [3.8, 4) is 0 Å². The van der Waals surface area contributed by atoms with Gasteiger partial charge in [-0.25, -0.2) is 4.39 Å². The molecule has 1 atom stereocenters. The molecule has 0 aliphatic carbocycles. The molecule has 1 fully saturated rings. The van der Waals surface area contributed by atoms with Crippen LogP contribution >= 0.6 is 0 Å². The zero-order valence-corrected chi connectivity index (χ0v) is 11.6. The van der Waals surface area contributed by atoms with Gasteiger partial charge in [0.2, 0.25) is 0 Å². The average Bonchev–Trinajstić information content (AvgIpc) is 2.34. The van der Waals surface area contributed by atoms with Crippen LogP contribution in [-0.4, -0.2) is 48.4 Å². The molecule has 1 saturated heterocycles. The Hall–Kier alpha value is -1.62. The maximum absolute atomic E-state index is 13.7. The molecule has 1 unspecified atom stereocenters. The Bertz CT molecular complexity index is 480. The molecular formula is C14H20FN3O. The standard InChI is InChI=1S/C14H20FN3O/c1-9-8-17(3)4-5-18(9)14(19)11-6-12(15)10(2)13(16)7-11/h6-7,9H,4-5,8,16H2,1-3H3. The number of likely N-dealkylation sites (N-methyl/N-ethyl adjacent to an activating group) is 1. The molecule has 104 valence electrons. The number of benzene rings is 1. The normalized spacial score (nSPS) is 20.6. The number of halogens is 1. The maximum Gasteiger partial charge on any atom is 0.254 e. The van der Waals surface area contributed by atoms with E-state index in [1.165, 1.54) is 6.07 Å². The van der Waals surface area contributed by atoms with Gasteiger partial charge in [0.05, 0.1) is 0 Å². The summed E-state index contributed by atoms with van der Waals surface area (Å²) in [4.78, 5) is 16.4. The van der Waals surface area contributed by atoms with Crippen molar-refractivity contribution < 1.29 is 9.18 Å². The number of carbonyl (C=O) groups excluding carboxylic acids is 1. The van der Waals surface area contributed by atoms with Crippen LogP contribution in [0.1, 0.15) is 22.8 Å². The van der Waals surface area contributed by atoms with Crippen LogP contribution in [0.25, 0.3) is 0 Å². The molecule has 0 bridgehead atoms. The summed E-state index contributed by atoms with van der Waals surface area (Å²) in [5.41, 5.74) is 6.77. The molecule has 1 amide bonds. The highest BCUT2D eigenvalue weighted by atomic mass is 19.1. The lowest BCUT2D eigenvalue weighted by atomic mass is 10.1. The Balaban J connectivity index is 2.25. The fraction of sp³-hybridized carbons (Fsp3) is 0.500. The third-order valence-corrected chi connectivity index (χ3v) is 3.72. The molecule has 0 spiro atoms. The topological polar surface area (TPSA) is 49.6 Å². The van der Waals surface area contributed by atoms with Crippen LogP contribution in [0.2, 0.25) is 0 Å².